The third-order valence-electron chi connectivity index (χ3n) is 5.54. The van der Waals surface area contributed by atoms with Crippen molar-refractivity contribution < 1.29 is 22.7 Å². The van der Waals surface area contributed by atoms with Crippen molar-refractivity contribution in [1.82, 2.24) is 15.5 Å². The standard InChI is InChI=1S/C23H28N4O5S/c1-4-32-22(28)20-19(25-23(29)26-21(20)17-8-6-5-7-9-17)14-27(3)15(2)16-10-12-18(13-11-16)33(24,30)31/h5-13,15,21H,4,14H2,1-3H3,(H2,24,30,31)(H2,25,26,29)/t15-,21-/m0/s1. The first-order valence-electron chi connectivity index (χ1n) is 10.5. The van der Waals surface area contributed by atoms with Crippen LogP contribution in [0.3, 0.4) is 0 Å². The predicted molar refractivity (Wildman–Crippen MR) is 123 cm³/mol. The van der Waals surface area contributed by atoms with Gasteiger partial charge in [-0.3, -0.25) is 4.90 Å². The summed E-state index contributed by atoms with van der Waals surface area (Å²) in [5.74, 6) is -0.507. The Bertz CT molecular complexity index is 1150. The molecule has 4 N–H and O–H groups in total. The SMILES string of the molecule is CCOC(=O)C1=C(CN(C)[C@@H](C)c2ccc(S(N)(=O)=O)cc2)NC(=O)N[C@H]1c1ccccc1. The van der Waals surface area contributed by atoms with Crippen LogP contribution in [0.15, 0.2) is 70.8 Å². The van der Waals surface area contributed by atoms with E-state index >= 15 is 0 Å². The summed E-state index contributed by atoms with van der Waals surface area (Å²) in [5.41, 5.74) is 2.40. The monoisotopic (exact) mass is 472 g/mol. The highest BCUT2D eigenvalue weighted by Crippen LogP contribution is 2.29. The highest BCUT2D eigenvalue weighted by Gasteiger charge is 2.34. The van der Waals surface area contributed by atoms with E-state index in [1.54, 1.807) is 19.1 Å². The molecule has 0 unspecified atom stereocenters. The molecular weight excluding hydrogens is 444 g/mol. The van der Waals surface area contributed by atoms with Crippen LogP contribution in [0.5, 0.6) is 0 Å². The topological polar surface area (TPSA) is 131 Å². The molecule has 0 bridgehead atoms. The maximum absolute atomic E-state index is 12.9. The molecule has 9 nitrogen and oxygen atoms in total. The quantitative estimate of drug-likeness (QED) is 0.505. The molecule has 0 spiro atoms. The Morgan fingerprint density at radius 3 is 2.36 bits per heavy atom. The summed E-state index contributed by atoms with van der Waals surface area (Å²) in [6.07, 6.45) is 0. The van der Waals surface area contributed by atoms with E-state index in [4.69, 9.17) is 9.88 Å². The van der Waals surface area contributed by atoms with E-state index in [9.17, 15) is 18.0 Å². The van der Waals surface area contributed by atoms with Gasteiger partial charge in [0.2, 0.25) is 10.0 Å². The number of primary sulfonamides is 1. The van der Waals surface area contributed by atoms with Crippen molar-refractivity contribution in [1.29, 1.82) is 0 Å². The number of rotatable bonds is 8. The molecule has 3 rings (SSSR count). The second-order valence-electron chi connectivity index (χ2n) is 7.76. The molecule has 1 aliphatic rings. The summed E-state index contributed by atoms with van der Waals surface area (Å²) in [5, 5.41) is 10.7. The Kier molecular flexibility index (Phi) is 7.52. The lowest BCUT2D eigenvalue weighted by Crippen LogP contribution is -2.48. The number of carbonyl (C=O) groups excluding carboxylic acids is 2. The molecule has 2 amide bonds. The van der Waals surface area contributed by atoms with E-state index in [2.05, 4.69) is 10.6 Å². The minimum atomic E-state index is -3.78. The van der Waals surface area contributed by atoms with E-state index in [0.717, 1.165) is 11.1 Å². The molecule has 2 atom stereocenters. The summed E-state index contributed by atoms with van der Waals surface area (Å²) in [6.45, 7) is 4.12. The predicted octanol–water partition coefficient (Wildman–Crippen LogP) is 2.20. The largest absolute Gasteiger partial charge is 0.463 e. The number of ether oxygens (including phenoxy) is 1. The van der Waals surface area contributed by atoms with Crippen molar-refractivity contribution >= 4 is 22.0 Å². The Labute approximate surface area is 193 Å². The molecule has 176 valence electrons. The van der Waals surface area contributed by atoms with E-state index < -0.39 is 28.1 Å². The molecule has 33 heavy (non-hydrogen) atoms. The van der Waals surface area contributed by atoms with E-state index in [1.807, 2.05) is 49.2 Å². The van der Waals surface area contributed by atoms with Crippen molar-refractivity contribution in [3.63, 3.8) is 0 Å². The van der Waals surface area contributed by atoms with Gasteiger partial charge in [-0.1, -0.05) is 42.5 Å². The van der Waals surface area contributed by atoms with Crippen molar-refractivity contribution in [2.75, 3.05) is 20.2 Å². The van der Waals surface area contributed by atoms with E-state index in [-0.39, 0.29) is 24.1 Å². The van der Waals surface area contributed by atoms with Crippen LogP contribution in [0.25, 0.3) is 0 Å². The number of hydrogen-bond acceptors (Lipinski definition) is 6. The highest BCUT2D eigenvalue weighted by molar-refractivity contribution is 7.89. The van der Waals surface area contributed by atoms with Crippen molar-refractivity contribution in [3.05, 3.63) is 77.0 Å². The first-order valence-corrected chi connectivity index (χ1v) is 12.0. The summed E-state index contributed by atoms with van der Waals surface area (Å²) < 4.78 is 28.3. The fourth-order valence-corrected chi connectivity index (χ4v) is 4.18. The minimum absolute atomic E-state index is 0.0322. The minimum Gasteiger partial charge on any atom is -0.463 e. The van der Waals surface area contributed by atoms with Crippen LogP contribution in [0.2, 0.25) is 0 Å². The number of nitrogens with one attached hydrogen (secondary N) is 2. The Balaban J connectivity index is 1.93. The van der Waals surface area contributed by atoms with Crippen LogP contribution in [0.4, 0.5) is 4.79 Å². The van der Waals surface area contributed by atoms with Gasteiger partial charge in [-0.05, 0) is 44.2 Å². The Hall–Kier alpha value is -3.21. The summed E-state index contributed by atoms with van der Waals surface area (Å²) in [7, 11) is -1.93. The zero-order valence-corrected chi connectivity index (χ0v) is 19.6. The highest BCUT2D eigenvalue weighted by atomic mass is 32.2. The fourth-order valence-electron chi connectivity index (χ4n) is 3.66. The number of carbonyl (C=O) groups is 2. The molecule has 2 aromatic rings. The molecule has 2 aromatic carbocycles. The summed E-state index contributed by atoms with van der Waals surface area (Å²) in [4.78, 5) is 27.3. The molecule has 10 heteroatoms. The van der Waals surface area contributed by atoms with E-state index in [0.29, 0.717) is 11.3 Å². The second-order valence-corrected chi connectivity index (χ2v) is 9.32. The third kappa shape index (κ3) is 5.78. The first kappa shape index (κ1) is 24.4. The second kappa shape index (κ2) is 10.2. The summed E-state index contributed by atoms with van der Waals surface area (Å²) >= 11 is 0. The zero-order valence-electron chi connectivity index (χ0n) is 18.7. The van der Waals surface area contributed by atoms with Crippen molar-refractivity contribution in [3.8, 4) is 0 Å². The normalized spacial score (nSPS) is 17.4. The number of nitrogens with two attached hydrogens (primary N) is 1. The first-order chi connectivity index (χ1) is 15.6. The number of hydrogen-bond donors (Lipinski definition) is 3. The van der Waals surface area contributed by atoms with Gasteiger partial charge in [0.25, 0.3) is 0 Å². The third-order valence-corrected chi connectivity index (χ3v) is 6.47. The Morgan fingerprint density at radius 2 is 1.79 bits per heavy atom. The molecule has 0 radical (unpaired) electrons. The number of esters is 1. The zero-order chi connectivity index (χ0) is 24.2. The lowest BCUT2D eigenvalue weighted by Gasteiger charge is -2.33. The maximum Gasteiger partial charge on any atom is 0.338 e. The van der Waals surface area contributed by atoms with Gasteiger partial charge in [-0.25, -0.2) is 23.1 Å². The van der Waals surface area contributed by atoms with Gasteiger partial charge in [0.15, 0.2) is 0 Å². The van der Waals surface area contributed by atoms with Gasteiger partial charge in [0.05, 0.1) is 23.1 Å². The van der Waals surface area contributed by atoms with Crippen LogP contribution < -0.4 is 15.8 Å². The average Bonchev–Trinajstić information content (AvgIpc) is 2.78. The van der Waals surface area contributed by atoms with Gasteiger partial charge in [-0.15, -0.1) is 0 Å². The van der Waals surface area contributed by atoms with Crippen LogP contribution >= 0.6 is 0 Å². The van der Waals surface area contributed by atoms with Crippen LogP contribution in [0, 0.1) is 0 Å². The van der Waals surface area contributed by atoms with Crippen molar-refractivity contribution in [2.24, 2.45) is 5.14 Å². The number of amides is 2. The number of urea groups is 1. The lowest BCUT2D eigenvalue weighted by atomic mass is 9.94. The molecule has 1 aliphatic heterocycles. The molecule has 0 aromatic heterocycles. The maximum atomic E-state index is 12.9. The van der Waals surface area contributed by atoms with Gasteiger partial charge in [0.1, 0.15) is 0 Å². The smallest absolute Gasteiger partial charge is 0.338 e. The lowest BCUT2D eigenvalue weighted by molar-refractivity contribution is -0.139. The summed E-state index contributed by atoms with van der Waals surface area (Å²) in [6, 6.07) is 14.3. The molecule has 1 heterocycles. The van der Waals surface area contributed by atoms with Gasteiger partial charge in [-0.2, -0.15) is 0 Å². The van der Waals surface area contributed by atoms with Gasteiger partial charge >= 0.3 is 12.0 Å². The number of likely N-dealkylation sites (N-methyl/N-ethyl adjacent to an activating group) is 1. The molecule has 0 aliphatic carbocycles. The van der Waals surface area contributed by atoms with Crippen LogP contribution in [0.1, 0.15) is 37.1 Å². The Morgan fingerprint density at radius 1 is 1.15 bits per heavy atom. The number of benzene rings is 2. The number of nitrogens with zero attached hydrogens (tertiary/aromatic N) is 1. The van der Waals surface area contributed by atoms with Gasteiger partial charge < -0.3 is 15.4 Å². The van der Waals surface area contributed by atoms with Crippen LogP contribution in [-0.2, 0) is 19.6 Å². The average molecular weight is 473 g/mol. The molecule has 0 saturated heterocycles. The van der Waals surface area contributed by atoms with Crippen molar-refractivity contribution in [2.45, 2.75) is 30.8 Å². The van der Waals surface area contributed by atoms with Crippen LogP contribution in [-0.4, -0.2) is 45.5 Å². The van der Waals surface area contributed by atoms with Gasteiger partial charge in [0, 0.05) is 18.3 Å². The fraction of sp³-hybridized carbons (Fsp3) is 0.304. The molecular formula is C23H28N4O5S. The molecule has 0 saturated carbocycles. The number of sulfonamides is 1. The van der Waals surface area contributed by atoms with E-state index in [1.165, 1.54) is 12.1 Å². The molecule has 0 fully saturated rings.